The summed E-state index contributed by atoms with van der Waals surface area (Å²) in [6.07, 6.45) is 3.18. The Hall–Kier alpha value is -13.3. The Labute approximate surface area is 543 Å². The predicted octanol–water partition coefficient (Wildman–Crippen LogP) is 2.91. The Bertz CT molecular complexity index is 4980. The van der Waals surface area contributed by atoms with Gasteiger partial charge in [-0.15, -0.1) is 0 Å². The highest BCUT2D eigenvalue weighted by Gasteiger charge is 2.51. The predicted molar refractivity (Wildman–Crippen MR) is 338 cm³/mol. The van der Waals surface area contributed by atoms with Crippen LogP contribution in [0.5, 0.6) is 17.2 Å². The molecule has 6 aromatic carbocycles. The van der Waals surface area contributed by atoms with Crippen LogP contribution in [0.2, 0.25) is 0 Å². The monoisotopic (exact) mass is 1290 g/mol. The van der Waals surface area contributed by atoms with Crippen molar-refractivity contribution in [3.8, 4) is 52.8 Å². The number of esters is 1. The number of imidazole rings is 1. The summed E-state index contributed by atoms with van der Waals surface area (Å²) in [4.78, 5) is 145. The lowest BCUT2D eigenvalue weighted by molar-refractivity contribution is -0.123. The van der Waals surface area contributed by atoms with E-state index in [-0.39, 0.29) is 62.4 Å². The van der Waals surface area contributed by atoms with Gasteiger partial charge in [0.05, 0.1) is 68.6 Å². The zero-order valence-corrected chi connectivity index (χ0v) is 51.0. The van der Waals surface area contributed by atoms with Gasteiger partial charge in [0.1, 0.15) is 23.9 Å². The van der Waals surface area contributed by atoms with E-state index in [0.29, 0.717) is 91.4 Å². The molecule has 28 nitrogen and oxygen atoms in total. The van der Waals surface area contributed by atoms with Gasteiger partial charge in [-0.2, -0.15) is 0 Å². The van der Waals surface area contributed by atoms with E-state index in [4.69, 9.17) is 24.7 Å². The summed E-state index contributed by atoms with van der Waals surface area (Å²) in [5.41, 5.74) is 10.5. The number of hydrogen-bond acceptors (Lipinski definition) is 18. The molecule has 7 aliphatic heterocycles. The number of rotatable bonds is 9. The van der Waals surface area contributed by atoms with Crippen molar-refractivity contribution < 1.29 is 66.9 Å². The maximum atomic E-state index is 13.0. The topological polar surface area (TPSA) is 370 Å². The number of anilines is 1. The van der Waals surface area contributed by atoms with Crippen molar-refractivity contribution in [1.82, 2.24) is 66.5 Å². The average Bonchev–Trinajstić information content (AvgIpc) is 1.63. The number of hydrogen-bond donors (Lipinski definition) is 8. The van der Waals surface area contributed by atoms with Crippen molar-refractivity contribution in [3.05, 3.63) is 183 Å². The van der Waals surface area contributed by atoms with E-state index < -0.39 is 52.4 Å². The Kier molecular flexibility index (Phi) is 15.6. The van der Waals surface area contributed by atoms with Gasteiger partial charge in [0.15, 0.2) is 5.95 Å². The molecule has 3 saturated heterocycles. The van der Waals surface area contributed by atoms with E-state index in [1.54, 1.807) is 109 Å². The molecule has 15 rings (SSSR count). The van der Waals surface area contributed by atoms with Crippen LogP contribution in [0, 0.1) is 35.5 Å². The Morgan fingerprint density at radius 2 is 0.875 bits per heavy atom. The zero-order valence-electron chi connectivity index (χ0n) is 51.0. The highest BCUT2D eigenvalue weighted by molar-refractivity contribution is 6.12. The van der Waals surface area contributed by atoms with E-state index in [0.717, 1.165) is 22.2 Å². The fourth-order valence-corrected chi connectivity index (χ4v) is 11.7. The number of imide groups is 3. The van der Waals surface area contributed by atoms with E-state index in [1.807, 2.05) is 12.1 Å². The van der Waals surface area contributed by atoms with Gasteiger partial charge in [-0.3, -0.25) is 54.7 Å². The summed E-state index contributed by atoms with van der Waals surface area (Å²) in [6, 6.07) is 29.2. The molecule has 9 N–H and O–H groups in total. The number of amides is 12. The summed E-state index contributed by atoms with van der Waals surface area (Å²) in [5, 5.41) is 14.4. The fourth-order valence-electron chi connectivity index (χ4n) is 11.7. The lowest BCUT2D eigenvalue weighted by atomic mass is 9.98. The lowest BCUT2D eigenvalue weighted by Crippen LogP contribution is -2.54. The molecule has 0 radical (unpaired) electrons. The highest BCUT2D eigenvalue weighted by atomic mass is 16.5. The number of carbonyl (C=O) groups excluding carboxylic acids is 10. The van der Waals surface area contributed by atoms with Crippen molar-refractivity contribution in [2.24, 2.45) is 0 Å². The number of nitrogens with one attached hydrogen (secondary N) is 7. The number of methoxy groups -OCH3 is 3. The van der Waals surface area contributed by atoms with Gasteiger partial charge in [-0.25, -0.2) is 24.2 Å². The minimum absolute atomic E-state index is 0.0964. The summed E-state index contributed by atoms with van der Waals surface area (Å²) in [5.74, 6) is 16.4. The number of urea groups is 3. The summed E-state index contributed by atoms with van der Waals surface area (Å²) in [6.45, 7) is 0.715. The first-order chi connectivity index (χ1) is 46.2. The highest BCUT2D eigenvalue weighted by Crippen LogP contribution is 2.33. The van der Waals surface area contributed by atoms with Crippen LogP contribution in [0.4, 0.5) is 20.3 Å². The molecule has 0 saturated carbocycles. The third-order valence-electron chi connectivity index (χ3n) is 16.6. The summed E-state index contributed by atoms with van der Waals surface area (Å²) >= 11 is 0. The number of nitrogen functional groups attached to an aromatic ring is 1. The smallest absolute Gasteiger partial charge is 0.338 e. The normalized spacial score (nSPS) is 19.8. The van der Waals surface area contributed by atoms with Crippen molar-refractivity contribution in [2.75, 3.05) is 46.7 Å². The molecule has 0 spiro atoms. The van der Waals surface area contributed by atoms with Crippen LogP contribution < -0.4 is 51.8 Å². The molecule has 12 amide bonds. The van der Waals surface area contributed by atoms with Crippen molar-refractivity contribution in [2.45, 2.75) is 42.9 Å². The average molecular weight is 1290 g/mol. The van der Waals surface area contributed by atoms with Gasteiger partial charge in [-0.1, -0.05) is 53.7 Å². The third-order valence-corrected chi connectivity index (χ3v) is 16.6. The van der Waals surface area contributed by atoms with Crippen LogP contribution in [-0.4, -0.2) is 152 Å². The van der Waals surface area contributed by atoms with Gasteiger partial charge in [0.25, 0.3) is 35.4 Å². The largest absolute Gasteiger partial charge is 0.497 e. The van der Waals surface area contributed by atoms with Crippen LogP contribution in [0.25, 0.3) is 22.1 Å². The summed E-state index contributed by atoms with van der Waals surface area (Å²) < 4.78 is 20.6. The molecule has 478 valence electrons. The molecule has 0 unspecified atom stereocenters. The quantitative estimate of drug-likeness (QED) is 0.0585. The van der Waals surface area contributed by atoms with Crippen LogP contribution >= 0.6 is 0 Å². The van der Waals surface area contributed by atoms with Crippen molar-refractivity contribution in [3.63, 3.8) is 0 Å². The Balaban J connectivity index is 0.000000130. The molecule has 96 heavy (non-hydrogen) atoms. The van der Waals surface area contributed by atoms with E-state index >= 15 is 0 Å². The molecule has 9 heterocycles. The van der Waals surface area contributed by atoms with Crippen LogP contribution in [0.3, 0.4) is 0 Å². The second-order valence-electron chi connectivity index (χ2n) is 22.8. The van der Waals surface area contributed by atoms with E-state index in [9.17, 15) is 47.9 Å². The molecule has 0 bridgehead atoms. The molecule has 0 aliphatic carbocycles. The van der Waals surface area contributed by atoms with Crippen LogP contribution in [0.15, 0.2) is 122 Å². The number of cyclic esters (lactones) is 1. The van der Waals surface area contributed by atoms with Gasteiger partial charge in [-0.05, 0) is 108 Å². The molecular formula is C68H52N14O14. The minimum atomic E-state index is -1.61. The number of fused-ring (bicyclic) bond motifs is 6. The number of H-pyrrole nitrogens is 1. The standard InChI is InChI=1S/C23H17N5O4.C23H17N3O6.C22H18N6O4/c1-32-16-4-3-15-12-28(20(29)17(15)11-16)13-23(21(30)26-22(31)27-23)7-6-14-2-5-18-19(10-14)25-9-8-24-18;1-31-16-4-3-14-10-26(19(27)18(14)9-16)12-23(21(29)24-22(30)25-23)7-6-13-2-5-17-15(8-13)11-32-20(17)28;1-32-14-4-3-13-10-28(18(29)15(13)9-14)11-22(19(30)26-21(31)27-22)7-6-12-2-5-16-17(8-12)25-20(23)24-16/h2-5,8-11H,12-13H2,1H3,(H2,26,27,30,31);2-5,8-9H,10-12H2,1H3,(H2,24,25,29,30);2-5,8-9H,10-11H2,1H3,(H3,23,24,25)(H2,26,27,30,31)/t2*23-;22-/m111/s1. The molecule has 2 aromatic heterocycles. The van der Waals surface area contributed by atoms with Gasteiger partial charge < -0.3 is 60.3 Å². The number of nitrogens with two attached hydrogens (primary N) is 1. The lowest BCUT2D eigenvalue weighted by Gasteiger charge is -2.26. The van der Waals surface area contributed by atoms with Crippen LogP contribution in [0.1, 0.15) is 80.4 Å². The van der Waals surface area contributed by atoms with Gasteiger partial charge in [0.2, 0.25) is 16.6 Å². The van der Waals surface area contributed by atoms with Crippen molar-refractivity contribution in [1.29, 1.82) is 0 Å². The molecular weight excluding hydrogens is 1240 g/mol. The first kappa shape index (κ1) is 61.6. The van der Waals surface area contributed by atoms with Crippen molar-refractivity contribution >= 4 is 87.5 Å². The number of nitrogens with zero attached hydrogens (tertiary/aromatic N) is 6. The molecule has 28 heteroatoms. The second kappa shape index (κ2) is 24.4. The van der Waals surface area contributed by atoms with Gasteiger partial charge in [0, 0.05) is 71.0 Å². The first-order valence-electron chi connectivity index (χ1n) is 29.4. The van der Waals surface area contributed by atoms with Gasteiger partial charge >= 0.3 is 24.1 Å². The number of aromatic amines is 1. The molecule has 3 fully saturated rings. The summed E-state index contributed by atoms with van der Waals surface area (Å²) in [7, 11) is 4.57. The molecule has 8 aromatic rings. The molecule has 3 atom stereocenters. The minimum Gasteiger partial charge on any atom is -0.497 e. The third kappa shape index (κ3) is 11.8. The fraction of sp³-hybridized carbons (Fsp3) is 0.191. The second-order valence-corrected chi connectivity index (χ2v) is 22.8. The van der Waals surface area contributed by atoms with Crippen LogP contribution in [-0.2, 0) is 45.4 Å². The SMILES string of the molecule is COc1ccc2c(c1)C(=O)N(C[C@@]1(C#Cc3ccc4c(c3)COC4=O)NC(=O)NC1=O)C2.COc1ccc2c(c1)C(=O)N(C[C@@]1(C#Cc3ccc4nc(N)[nH]c4c3)NC(=O)NC1=O)C2.COc1ccc2c(c1)C(=O)N(C[C@@]1(C#Cc3ccc4nccnc4c3)NC(=O)NC1=O)C2. The van der Waals surface area contributed by atoms with E-state index in [1.165, 1.54) is 36.0 Å². The number of carbonyl (C=O) groups is 10. The number of aromatic nitrogens is 4. The maximum absolute atomic E-state index is 13.0. The Morgan fingerprint density at radius 1 is 0.469 bits per heavy atom. The zero-order chi connectivity index (χ0) is 67.2. The molecule has 7 aliphatic rings. The number of benzene rings is 6. The number of ether oxygens (including phenoxy) is 4. The maximum Gasteiger partial charge on any atom is 0.338 e. The van der Waals surface area contributed by atoms with E-state index in [2.05, 4.69) is 87.4 Å². The Morgan fingerprint density at radius 3 is 1.30 bits per heavy atom. The first-order valence-corrected chi connectivity index (χ1v) is 29.4.